The van der Waals surface area contributed by atoms with E-state index in [1.54, 1.807) is 11.8 Å². The summed E-state index contributed by atoms with van der Waals surface area (Å²) >= 11 is 0. The fourth-order valence-electron chi connectivity index (χ4n) is 2.25. The second-order valence-electron chi connectivity index (χ2n) is 5.41. The minimum Gasteiger partial charge on any atom is -0.472 e. The lowest BCUT2D eigenvalue weighted by Crippen LogP contribution is -2.23. The van der Waals surface area contributed by atoms with Crippen LogP contribution in [0.4, 0.5) is 0 Å². The number of aryl methyl sites for hydroxylation is 2. The Balaban J connectivity index is 2.24. The van der Waals surface area contributed by atoms with Crippen LogP contribution in [0.2, 0.25) is 0 Å². The van der Waals surface area contributed by atoms with Crippen molar-refractivity contribution in [2.75, 3.05) is 13.7 Å². The Hall–Kier alpha value is -1.95. The molecule has 2 rings (SSSR count). The monoisotopic (exact) mass is 304 g/mol. The first-order chi connectivity index (χ1) is 10.5. The summed E-state index contributed by atoms with van der Waals surface area (Å²) in [6.07, 6.45) is 3.47. The fraction of sp³-hybridized carbons (Fsp3) is 0.562. The maximum absolute atomic E-state index is 6.00. The molecule has 1 atom stereocenters. The van der Waals surface area contributed by atoms with Crippen molar-refractivity contribution in [3.8, 4) is 5.88 Å². The Kier molecular flexibility index (Phi) is 5.49. The first-order valence-corrected chi connectivity index (χ1v) is 7.51. The molecular weight excluding hydrogens is 280 g/mol. The van der Waals surface area contributed by atoms with Crippen molar-refractivity contribution < 1.29 is 9.47 Å². The molecule has 0 saturated carbocycles. The molecule has 0 saturated heterocycles. The van der Waals surface area contributed by atoms with Crippen molar-refractivity contribution in [3.63, 3.8) is 0 Å². The molecule has 2 heterocycles. The van der Waals surface area contributed by atoms with Gasteiger partial charge in [-0.15, -0.1) is 0 Å². The van der Waals surface area contributed by atoms with E-state index in [9.17, 15) is 0 Å². The van der Waals surface area contributed by atoms with Crippen molar-refractivity contribution in [1.82, 2.24) is 19.7 Å². The van der Waals surface area contributed by atoms with Crippen LogP contribution in [0, 0.1) is 13.8 Å². The first-order valence-electron chi connectivity index (χ1n) is 7.51. The summed E-state index contributed by atoms with van der Waals surface area (Å²) in [5, 5.41) is 4.41. The van der Waals surface area contributed by atoms with Crippen molar-refractivity contribution in [1.29, 1.82) is 0 Å². The standard InChI is InChI=1S/C16H24N4O2/c1-6-14(10-21-5)22-16-11(2)15(17-12(3)18-16)9-13-7-8-20(4)19-13/h7-8,14H,6,9-10H2,1-5H3. The predicted octanol–water partition coefficient (Wildman–Crippen LogP) is 2.22. The Morgan fingerprint density at radius 3 is 2.64 bits per heavy atom. The third-order valence-corrected chi connectivity index (χ3v) is 3.52. The average molecular weight is 304 g/mol. The Morgan fingerprint density at radius 1 is 1.27 bits per heavy atom. The van der Waals surface area contributed by atoms with Gasteiger partial charge in [0.05, 0.1) is 18.0 Å². The largest absolute Gasteiger partial charge is 0.472 e. The SMILES string of the molecule is CCC(COC)Oc1nc(C)nc(Cc2ccn(C)n2)c1C. The van der Waals surface area contributed by atoms with Crippen molar-refractivity contribution >= 4 is 0 Å². The molecular formula is C16H24N4O2. The molecule has 1 unspecified atom stereocenters. The van der Waals surface area contributed by atoms with Gasteiger partial charge in [0.25, 0.3) is 0 Å². The quantitative estimate of drug-likeness (QED) is 0.785. The molecule has 120 valence electrons. The lowest BCUT2D eigenvalue weighted by atomic mass is 10.1. The van der Waals surface area contributed by atoms with Crippen molar-refractivity contribution in [2.45, 2.75) is 39.7 Å². The van der Waals surface area contributed by atoms with Gasteiger partial charge in [-0.1, -0.05) is 6.92 Å². The summed E-state index contributed by atoms with van der Waals surface area (Å²) in [5.41, 5.74) is 2.90. The van der Waals surface area contributed by atoms with Crippen LogP contribution in [-0.4, -0.2) is 39.6 Å². The normalized spacial score (nSPS) is 12.4. The molecule has 2 aromatic heterocycles. The van der Waals surface area contributed by atoms with E-state index < -0.39 is 0 Å². The van der Waals surface area contributed by atoms with E-state index >= 15 is 0 Å². The van der Waals surface area contributed by atoms with Crippen LogP contribution in [0.25, 0.3) is 0 Å². The number of ether oxygens (including phenoxy) is 2. The van der Waals surface area contributed by atoms with E-state index in [0.29, 0.717) is 24.7 Å². The second kappa shape index (κ2) is 7.35. The minimum absolute atomic E-state index is 0.000648. The summed E-state index contributed by atoms with van der Waals surface area (Å²) in [6.45, 7) is 6.49. The van der Waals surface area contributed by atoms with E-state index in [2.05, 4.69) is 22.0 Å². The third-order valence-electron chi connectivity index (χ3n) is 3.52. The van der Waals surface area contributed by atoms with Crippen LogP contribution in [0.1, 0.15) is 36.1 Å². The van der Waals surface area contributed by atoms with Crippen LogP contribution in [0.15, 0.2) is 12.3 Å². The van der Waals surface area contributed by atoms with Gasteiger partial charge in [0, 0.05) is 32.3 Å². The molecule has 0 bridgehead atoms. The van der Waals surface area contributed by atoms with Crippen LogP contribution in [-0.2, 0) is 18.2 Å². The molecule has 0 amide bonds. The zero-order chi connectivity index (χ0) is 16.1. The lowest BCUT2D eigenvalue weighted by molar-refractivity contribution is 0.0748. The van der Waals surface area contributed by atoms with Crippen molar-refractivity contribution in [2.24, 2.45) is 7.05 Å². The average Bonchev–Trinajstić information content (AvgIpc) is 2.88. The zero-order valence-corrected chi connectivity index (χ0v) is 14.0. The molecule has 2 aromatic rings. The molecule has 0 aliphatic heterocycles. The molecule has 22 heavy (non-hydrogen) atoms. The van der Waals surface area contributed by atoms with E-state index in [4.69, 9.17) is 9.47 Å². The maximum atomic E-state index is 6.00. The highest BCUT2D eigenvalue weighted by Crippen LogP contribution is 2.21. The molecule has 6 nitrogen and oxygen atoms in total. The molecule has 0 aromatic carbocycles. The highest BCUT2D eigenvalue weighted by molar-refractivity contribution is 5.32. The number of hydrogen-bond acceptors (Lipinski definition) is 5. The fourth-order valence-corrected chi connectivity index (χ4v) is 2.25. The predicted molar refractivity (Wildman–Crippen MR) is 84.1 cm³/mol. The minimum atomic E-state index is 0.000648. The van der Waals surface area contributed by atoms with Crippen LogP contribution < -0.4 is 4.74 Å². The molecule has 0 fully saturated rings. The van der Waals surface area contributed by atoms with Gasteiger partial charge in [0.15, 0.2) is 0 Å². The van der Waals surface area contributed by atoms with E-state index in [0.717, 1.165) is 23.4 Å². The van der Waals surface area contributed by atoms with E-state index in [1.165, 1.54) is 0 Å². The van der Waals surface area contributed by atoms with Crippen LogP contribution in [0.3, 0.4) is 0 Å². The van der Waals surface area contributed by atoms with Gasteiger partial charge < -0.3 is 9.47 Å². The van der Waals surface area contributed by atoms with Gasteiger partial charge in [-0.25, -0.2) is 4.98 Å². The molecule has 0 radical (unpaired) electrons. The Bertz CT molecular complexity index is 625. The molecule has 0 aliphatic carbocycles. The summed E-state index contributed by atoms with van der Waals surface area (Å²) < 4.78 is 13.0. The smallest absolute Gasteiger partial charge is 0.220 e. The highest BCUT2D eigenvalue weighted by Gasteiger charge is 2.16. The van der Waals surface area contributed by atoms with Crippen LogP contribution >= 0.6 is 0 Å². The Morgan fingerprint density at radius 2 is 2.05 bits per heavy atom. The number of aromatic nitrogens is 4. The van der Waals surface area contributed by atoms with Gasteiger partial charge in [0.2, 0.25) is 5.88 Å². The van der Waals surface area contributed by atoms with Gasteiger partial charge in [-0.05, 0) is 26.3 Å². The topological polar surface area (TPSA) is 62.1 Å². The highest BCUT2D eigenvalue weighted by atomic mass is 16.5. The molecule has 6 heteroatoms. The summed E-state index contributed by atoms with van der Waals surface area (Å²) in [5.74, 6) is 1.35. The maximum Gasteiger partial charge on any atom is 0.220 e. The number of methoxy groups -OCH3 is 1. The number of rotatable bonds is 7. The first kappa shape index (κ1) is 16.4. The number of hydrogen-bond donors (Lipinski definition) is 0. The van der Waals surface area contributed by atoms with Gasteiger partial charge in [0.1, 0.15) is 11.9 Å². The molecule has 0 N–H and O–H groups in total. The van der Waals surface area contributed by atoms with Gasteiger partial charge in [-0.2, -0.15) is 10.1 Å². The van der Waals surface area contributed by atoms with Gasteiger partial charge >= 0.3 is 0 Å². The number of nitrogens with zero attached hydrogens (tertiary/aromatic N) is 4. The zero-order valence-electron chi connectivity index (χ0n) is 14.0. The molecule has 0 aliphatic rings. The summed E-state index contributed by atoms with van der Waals surface area (Å²) in [7, 11) is 3.59. The Labute approximate surface area is 131 Å². The second-order valence-corrected chi connectivity index (χ2v) is 5.41. The van der Waals surface area contributed by atoms with Crippen LogP contribution in [0.5, 0.6) is 5.88 Å². The van der Waals surface area contributed by atoms with Crippen molar-refractivity contribution in [3.05, 3.63) is 35.0 Å². The van der Waals surface area contributed by atoms with Gasteiger partial charge in [-0.3, -0.25) is 4.68 Å². The summed E-state index contributed by atoms with van der Waals surface area (Å²) in [4.78, 5) is 8.98. The van der Waals surface area contributed by atoms with E-state index in [1.807, 2.05) is 33.2 Å². The summed E-state index contributed by atoms with van der Waals surface area (Å²) in [6, 6.07) is 2.00. The third kappa shape index (κ3) is 4.04. The van der Waals surface area contributed by atoms with E-state index in [-0.39, 0.29) is 6.10 Å². The molecule has 0 spiro atoms. The lowest BCUT2D eigenvalue weighted by Gasteiger charge is -2.18.